The molecule has 0 amide bonds. The molecule has 2 radical (unpaired) electrons. The van der Waals surface area contributed by atoms with E-state index in [1.54, 1.807) is 0 Å². The molecule has 1 aliphatic carbocycles. The van der Waals surface area contributed by atoms with E-state index in [2.05, 4.69) is 29.8 Å². The van der Waals surface area contributed by atoms with Crippen molar-refractivity contribution in [3.63, 3.8) is 0 Å². The molecule has 4 rings (SSSR count). The molecular weight excluding hydrogens is 287 g/mol. The first-order valence-electron chi connectivity index (χ1n) is 8.07. The Hall–Kier alpha value is -1.55. The van der Waals surface area contributed by atoms with Gasteiger partial charge in [0, 0.05) is 10.3 Å². The van der Waals surface area contributed by atoms with Gasteiger partial charge in [-0.05, 0) is 31.4 Å². The van der Waals surface area contributed by atoms with Crippen LogP contribution in [0, 0.1) is 6.92 Å². The second-order valence-corrected chi connectivity index (χ2v) is 7.30. The zero-order valence-corrected chi connectivity index (χ0v) is 13.7. The molecule has 4 heteroatoms. The van der Waals surface area contributed by atoms with Gasteiger partial charge in [-0.25, -0.2) is 0 Å². The van der Waals surface area contributed by atoms with Crippen LogP contribution in [0.25, 0.3) is 20.7 Å². The fourth-order valence-electron chi connectivity index (χ4n) is 3.43. The van der Waals surface area contributed by atoms with E-state index in [0.29, 0.717) is 6.04 Å². The van der Waals surface area contributed by atoms with Gasteiger partial charge in [-0.15, -0.1) is 11.3 Å². The third-order valence-corrected chi connectivity index (χ3v) is 5.86. The van der Waals surface area contributed by atoms with Crippen molar-refractivity contribution < 1.29 is 0 Å². The van der Waals surface area contributed by atoms with E-state index in [0.717, 1.165) is 11.2 Å². The predicted octanol–water partition coefficient (Wildman–Crippen LogP) is 4.37. The molecule has 22 heavy (non-hydrogen) atoms. The van der Waals surface area contributed by atoms with Gasteiger partial charge < -0.3 is 0 Å². The second kappa shape index (κ2) is 5.58. The number of benzene rings is 1. The summed E-state index contributed by atoms with van der Waals surface area (Å²) in [7, 11) is 5.79. The third-order valence-electron chi connectivity index (χ3n) is 4.68. The highest BCUT2D eigenvalue weighted by Crippen LogP contribution is 2.38. The van der Waals surface area contributed by atoms with E-state index in [9.17, 15) is 0 Å². The van der Waals surface area contributed by atoms with Gasteiger partial charge in [0.2, 0.25) is 0 Å². The molecule has 3 aromatic rings. The summed E-state index contributed by atoms with van der Waals surface area (Å²) in [4.78, 5) is 2.64. The lowest BCUT2D eigenvalue weighted by Gasteiger charge is -2.22. The Morgan fingerprint density at radius 3 is 2.59 bits per heavy atom. The predicted molar refractivity (Wildman–Crippen MR) is 95.3 cm³/mol. The minimum absolute atomic E-state index is 0.586. The summed E-state index contributed by atoms with van der Waals surface area (Å²) in [6, 6.07) is 11.0. The van der Waals surface area contributed by atoms with Crippen LogP contribution in [0.1, 0.15) is 43.8 Å². The Kier molecular flexibility index (Phi) is 3.57. The highest BCUT2D eigenvalue weighted by Gasteiger charge is 2.21. The third kappa shape index (κ3) is 2.39. The van der Waals surface area contributed by atoms with Gasteiger partial charge in [0.25, 0.3) is 0 Å². The molecule has 0 bridgehead atoms. The number of hydrogen-bond donors (Lipinski definition) is 0. The Labute approximate surface area is 136 Å². The molecule has 0 unspecified atom stereocenters. The molecule has 1 saturated carbocycles. The number of thiophene rings is 1. The minimum Gasteiger partial charge on any atom is -0.251 e. The average molecular weight is 306 g/mol. The lowest BCUT2D eigenvalue weighted by molar-refractivity contribution is 0.337. The van der Waals surface area contributed by atoms with E-state index in [1.165, 1.54) is 52.8 Å². The highest BCUT2D eigenvalue weighted by molar-refractivity contribution is 7.22. The SMILES string of the molecule is [B]c1ccc(-c2cc3c(C)nn(C4CCCCC4)c3s2)cc1. The molecule has 1 aliphatic rings. The van der Waals surface area contributed by atoms with E-state index < -0.39 is 0 Å². The van der Waals surface area contributed by atoms with Crippen molar-refractivity contribution in [2.75, 3.05) is 0 Å². The molecule has 0 saturated heterocycles. The molecule has 0 aliphatic heterocycles. The standard InChI is InChI=1S/C18H19BN2S/c1-12-16-11-17(13-7-9-14(19)10-8-13)22-18(16)21(20-12)15-5-3-2-4-6-15/h7-11,15H,2-6H2,1H3. The second-order valence-electron chi connectivity index (χ2n) is 6.27. The summed E-state index contributed by atoms with van der Waals surface area (Å²) in [5.74, 6) is 0. The summed E-state index contributed by atoms with van der Waals surface area (Å²) >= 11 is 1.86. The van der Waals surface area contributed by atoms with Crippen LogP contribution in [0.2, 0.25) is 0 Å². The smallest absolute Gasteiger partial charge is 0.122 e. The largest absolute Gasteiger partial charge is 0.251 e. The summed E-state index contributed by atoms with van der Waals surface area (Å²) in [5, 5.41) is 6.14. The Balaban J connectivity index is 1.78. The van der Waals surface area contributed by atoms with Crippen molar-refractivity contribution in [1.82, 2.24) is 9.78 Å². The Morgan fingerprint density at radius 2 is 1.86 bits per heavy atom. The normalized spacial score (nSPS) is 16.4. The number of nitrogens with zero attached hydrogens (tertiary/aromatic N) is 2. The van der Waals surface area contributed by atoms with Crippen molar-refractivity contribution in [3.8, 4) is 10.4 Å². The van der Waals surface area contributed by atoms with Crippen LogP contribution in [-0.2, 0) is 0 Å². The zero-order chi connectivity index (χ0) is 15.1. The maximum Gasteiger partial charge on any atom is 0.122 e. The maximum absolute atomic E-state index is 5.79. The lowest BCUT2D eigenvalue weighted by Crippen LogP contribution is -2.13. The van der Waals surface area contributed by atoms with E-state index in [4.69, 9.17) is 12.9 Å². The lowest BCUT2D eigenvalue weighted by atomic mass is 9.95. The Bertz CT molecular complexity index is 794. The van der Waals surface area contributed by atoms with E-state index >= 15 is 0 Å². The molecule has 110 valence electrons. The molecule has 0 spiro atoms. The first-order chi connectivity index (χ1) is 10.7. The van der Waals surface area contributed by atoms with Crippen LogP contribution >= 0.6 is 11.3 Å². The van der Waals surface area contributed by atoms with Crippen LogP contribution in [-0.4, -0.2) is 17.6 Å². The number of hydrogen-bond acceptors (Lipinski definition) is 2. The number of aryl methyl sites for hydroxylation is 1. The molecule has 2 heterocycles. The molecule has 2 aromatic heterocycles. The first kappa shape index (κ1) is 14.1. The van der Waals surface area contributed by atoms with Gasteiger partial charge in [-0.1, -0.05) is 49.0 Å². The van der Waals surface area contributed by atoms with Crippen LogP contribution in [0.15, 0.2) is 30.3 Å². The fourth-order valence-corrected chi connectivity index (χ4v) is 4.67. The minimum atomic E-state index is 0.586. The molecule has 1 fully saturated rings. The fraction of sp³-hybridized carbons (Fsp3) is 0.389. The molecule has 0 atom stereocenters. The summed E-state index contributed by atoms with van der Waals surface area (Å²) in [5.41, 5.74) is 3.21. The van der Waals surface area contributed by atoms with Gasteiger partial charge in [0.05, 0.1) is 11.7 Å². The van der Waals surface area contributed by atoms with Crippen LogP contribution in [0.4, 0.5) is 0 Å². The number of rotatable bonds is 2. The summed E-state index contributed by atoms with van der Waals surface area (Å²) in [6.45, 7) is 2.13. The molecular formula is C18H19BN2S. The van der Waals surface area contributed by atoms with Crippen molar-refractivity contribution in [1.29, 1.82) is 0 Å². The van der Waals surface area contributed by atoms with Gasteiger partial charge in [-0.3, -0.25) is 4.68 Å². The maximum atomic E-state index is 5.79. The number of fused-ring (bicyclic) bond motifs is 1. The first-order valence-corrected chi connectivity index (χ1v) is 8.88. The number of aromatic nitrogens is 2. The monoisotopic (exact) mass is 306 g/mol. The molecule has 0 N–H and O–H groups in total. The van der Waals surface area contributed by atoms with E-state index in [-0.39, 0.29) is 0 Å². The van der Waals surface area contributed by atoms with Crippen molar-refractivity contribution >= 4 is 34.9 Å². The highest BCUT2D eigenvalue weighted by atomic mass is 32.1. The van der Waals surface area contributed by atoms with Gasteiger partial charge >= 0.3 is 0 Å². The van der Waals surface area contributed by atoms with Crippen molar-refractivity contribution in [2.45, 2.75) is 45.1 Å². The topological polar surface area (TPSA) is 17.8 Å². The quantitative estimate of drug-likeness (QED) is 0.643. The van der Waals surface area contributed by atoms with Crippen LogP contribution in [0.3, 0.4) is 0 Å². The zero-order valence-electron chi connectivity index (χ0n) is 12.9. The summed E-state index contributed by atoms with van der Waals surface area (Å²) < 4.78 is 2.30. The molecule has 2 nitrogen and oxygen atoms in total. The van der Waals surface area contributed by atoms with Gasteiger partial charge in [-0.2, -0.15) is 5.10 Å². The molecule has 1 aromatic carbocycles. The Morgan fingerprint density at radius 1 is 1.14 bits per heavy atom. The van der Waals surface area contributed by atoms with Crippen LogP contribution in [0.5, 0.6) is 0 Å². The van der Waals surface area contributed by atoms with Crippen LogP contribution < -0.4 is 5.46 Å². The van der Waals surface area contributed by atoms with E-state index in [1.807, 2.05) is 23.5 Å². The van der Waals surface area contributed by atoms with Gasteiger partial charge in [0.1, 0.15) is 12.7 Å². The average Bonchev–Trinajstić information content (AvgIpc) is 3.10. The van der Waals surface area contributed by atoms with Gasteiger partial charge in [0.15, 0.2) is 0 Å². The van der Waals surface area contributed by atoms with Crippen molar-refractivity contribution in [2.24, 2.45) is 0 Å². The van der Waals surface area contributed by atoms with Crippen molar-refractivity contribution in [3.05, 3.63) is 36.0 Å². The summed E-state index contributed by atoms with van der Waals surface area (Å²) in [6.07, 6.45) is 6.58.